The molecule has 76 valence electrons. The number of carboxylic acid groups (broad SMARTS) is 1. The van der Waals surface area contributed by atoms with Crippen molar-refractivity contribution < 1.29 is 15.0 Å². The van der Waals surface area contributed by atoms with E-state index in [1.165, 1.54) is 0 Å². The van der Waals surface area contributed by atoms with Gasteiger partial charge in [0.1, 0.15) is 0 Å². The van der Waals surface area contributed by atoms with Gasteiger partial charge in [0.2, 0.25) is 4.93 Å². The number of rotatable bonds is 1. The fourth-order valence-corrected chi connectivity index (χ4v) is 2.69. The summed E-state index contributed by atoms with van der Waals surface area (Å²) in [5.41, 5.74) is 0. The van der Waals surface area contributed by atoms with Gasteiger partial charge in [-0.05, 0) is 13.0 Å². The summed E-state index contributed by atoms with van der Waals surface area (Å²) in [6.45, 7) is 2.11. The van der Waals surface area contributed by atoms with Gasteiger partial charge < -0.3 is 15.1 Å². The maximum atomic E-state index is 10.8. The minimum absolute atomic E-state index is 0.143. The first-order chi connectivity index (χ1) is 6.53. The first-order valence-corrected chi connectivity index (χ1v) is 5.14. The third-order valence-electron chi connectivity index (χ3n) is 2.40. The van der Waals surface area contributed by atoms with Crippen LogP contribution in [0.3, 0.4) is 0 Å². The van der Waals surface area contributed by atoms with Crippen LogP contribution in [0.2, 0.25) is 0 Å². The lowest BCUT2D eigenvalue weighted by Gasteiger charge is -2.26. The Labute approximate surface area is 85.9 Å². The van der Waals surface area contributed by atoms with Crippen molar-refractivity contribution in [1.29, 1.82) is 0 Å². The van der Waals surface area contributed by atoms with Crippen LogP contribution >= 0.6 is 11.8 Å². The smallest absolute Gasteiger partial charge is 0.348 e. The Hall–Kier alpha value is -0.940. The van der Waals surface area contributed by atoms with Gasteiger partial charge in [0.15, 0.2) is 0 Å². The van der Waals surface area contributed by atoms with E-state index in [0.29, 0.717) is 0 Å². The van der Waals surface area contributed by atoms with Crippen LogP contribution in [-0.4, -0.2) is 38.6 Å². The van der Waals surface area contributed by atoms with Crippen molar-refractivity contribution in [3.63, 3.8) is 0 Å². The monoisotopic (exact) mass is 213 g/mol. The van der Waals surface area contributed by atoms with Crippen LogP contribution in [0.25, 0.3) is 0 Å². The third kappa shape index (κ3) is 1.33. The van der Waals surface area contributed by atoms with Crippen molar-refractivity contribution in [2.75, 3.05) is 6.54 Å². The molecule has 0 aliphatic carbocycles. The zero-order valence-corrected chi connectivity index (χ0v) is 8.49. The molecule has 1 saturated heterocycles. The lowest BCUT2D eigenvalue weighted by atomic mass is 10.2. The summed E-state index contributed by atoms with van der Waals surface area (Å²) < 4.78 is 0. The molecule has 2 aliphatic rings. The fourth-order valence-electron chi connectivity index (χ4n) is 1.56. The van der Waals surface area contributed by atoms with E-state index in [-0.39, 0.29) is 12.6 Å². The first-order valence-electron chi connectivity index (χ1n) is 4.33. The number of carbonyl (C=O) groups is 1. The average Bonchev–Trinajstić information content (AvgIpc) is 2.45. The number of fused-ring (bicyclic) bond motifs is 1. The molecule has 0 aromatic rings. The highest BCUT2D eigenvalue weighted by atomic mass is 32.2. The van der Waals surface area contributed by atoms with E-state index in [1.54, 1.807) is 0 Å². The maximum Gasteiger partial charge on any atom is 0.348 e. The predicted molar refractivity (Wildman–Crippen MR) is 53.6 cm³/mol. The molecule has 0 radical (unpaired) electrons. The predicted octanol–water partition coefficient (Wildman–Crippen LogP) is 0.608. The Bertz CT molecular complexity index is 339. The van der Waals surface area contributed by atoms with Gasteiger partial charge in [-0.15, -0.1) is 0 Å². The minimum Gasteiger partial charge on any atom is -0.478 e. The number of aliphatic carboxylic acids is 1. The Kier molecular flexibility index (Phi) is 2.08. The largest absolute Gasteiger partial charge is 0.478 e. The van der Waals surface area contributed by atoms with Crippen LogP contribution in [0.4, 0.5) is 0 Å². The summed E-state index contributed by atoms with van der Waals surface area (Å²) in [5, 5.41) is 19.5. The number of nitrogens with zero attached hydrogens (tertiary/aromatic N) is 1. The van der Waals surface area contributed by atoms with Crippen molar-refractivity contribution in [2.45, 2.75) is 17.9 Å². The first kappa shape index (κ1) is 9.61. The molecule has 0 bridgehead atoms. The summed E-state index contributed by atoms with van der Waals surface area (Å²) in [5.74, 6) is -1.18. The second kappa shape index (κ2) is 3.03. The average molecular weight is 213 g/mol. The van der Waals surface area contributed by atoms with E-state index in [1.807, 2.05) is 30.1 Å². The van der Waals surface area contributed by atoms with Crippen LogP contribution in [0.1, 0.15) is 6.92 Å². The fraction of sp³-hybridized carbons (Fsp3) is 0.444. The SMILES string of the molecule is CC1C=CC=C2SC(O)(C(=O)O)CN21. The van der Waals surface area contributed by atoms with Gasteiger partial charge in [0.25, 0.3) is 0 Å². The molecular weight excluding hydrogens is 202 g/mol. The van der Waals surface area contributed by atoms with Crippen molar-refractivity contribution in [1.82, 2.24) is 4.90 Å². The number of carboxylic acids is 1. The van der Waals surface area contributed by atoms with Gasteiger partial charge in [-0.3, -0.25) is 0 Å². The molecule has 2 aliphatic heterocycles. The normalized spacial score (nSPS) is 35.4. The zero-order valence-electron chi connectivity index (χ0n) is 7.67. The summed E-state index contributed by atoms with van der Waals surface area (Å²) in [7, 11) is 0. The van der Waals surface area contributed by atoms with E-state index in [2.05, 4.69) is 0 Å². The molecule has 4 nitrogen and oxygen atoms in total. The van der Waals surface area contributed by atoms with Crippen molar-refractivity contribution >= 4 is 17.7 Å². The Morgan fingerprint density at radius 1 is 1.79 bits per heavy atom. The molecule has 2 unspecified atom stereocenters. The molecule has 14 heavy (non-hydrogen) atoms. The molecule has 0 aromatic carbocycles. The molecule has 2 heterocycles. The molecule has 1 fully saturated rings. The summed E-state index contributed by atoms with van der Waals surface area (Å²) >= 11 is 1.00. The van der Waals surface area contributed by atoms with Gasteiger partial charge in [-0.2, -0.15) is 0 Å². The maximum absolute atomic E-state index is 10.8. The number of hydrogen-bond acceptors (Lipinski definition) is 4. The van der Waals surface area contributed by atoms with Gasteiger partial charge in [0.05, 0.1) is 11.6 Å². The van der Waals surface area contributed by atoms with Crippen molar-refractivity contribution in [3.05, 3.63) is 23.3 Å². The standard InChI is InChI=1S/C9H11NO3S/c1-6-3-2-4-7-10(6)5-9(13,14-7)8(11)12/h2-4,6,13H,5H2,1H3,(H,11,12). The van der Waals surface area contributed by atoms with E-state index in [9.17, 15) is 9.90 Å². The van der Waals surface area contributed by atoms with E-state index in [0.717, 1.165) is 16.8 Å². The number of hydrogen-bond donors (Lipinski definition) is 2. The molecule has 2 rings (SSSR count). The van der Waals surface area contributed by atoms with E-state index >= 15 is 0 Å². The lowest BCUT2D eigenvalue weighted by molar-refractivity contribution is -0.149. The van der Waals surface area contributed by atoms with E-state index in [4.69, 9.17) is 5.11 Å². The van der Waals surface area contributed by atoms with Gasteiger partial charge in [-0.25, -0.2) is 4.79 Å². The van der Waals surface area contributed by atoms with Crippen LogP contribution in [-0.2, 0) is 4.79 Å². The van der Waals surface area contributed by atoms with Gasteiger partial charge in [0, 0.05) is 6.04 Å². The van der Waals surface area contributed by atoms with Crippen molar-refractivity contribution in [3.8, 4) is 0 Å². The highest BCUT2D eigenvalue weighted by molar-refractivity contribution is 8.05. The number of allylic oxidation sites excluding steroid dienone is 2. The van der Waals surface area contributed by atoms with Crippen LogP contribution in [0.5, 0.6) is 0 Å². The van der Waals surface area contributed by atoms with Crippen LogP contribution < -0.4 is 0 Å². The number of thioether (sulfide) groups is 1. The molecule has 5 heteroatoms. The summed E-state index contributed by atoms with van der Waals surface area (Å²) in [6.07, 6.45) is 5.68. The lowest BCUT2D eigenvalue weighted by Crippen LogP contribution is -2.41. The molecule has 0 spiro atoms. The molecule has 2 N–H and O–H groups in total. The Morgan fingerprint density at radius 2 is 2.50 bits per heavy atom. The number of aliphatic hydroxyl groups is 1. The Balaban J connectivity index is 2.26. The molecule has 0 saturated carbocycles. The molecule has 2 atom stereocenters. The molecular formula is C9H11NO3S. The zero-order chi connectivity index (χ0) is 10.3. The second-order valence-electron chi connectivity index (χ2n) is 3.45. The highest BCUT2D eigenvalue weighted by Crippen LogP contribution is 2.43. The van der Waals surface area contributed by atoms with E-state index < -0.39 is 10.9 Å². The van der Waals surface area contributed by atoms with Gasteiger partial charge in [-0.1, -0.05) is 23.9 Å². The van der Waals surface area contributed by atoms with Crippen molar-refractivity contribution in [2.24, 2.45) is 0 Å². The topological polar surface area (TPSA) is 60.8 Å². The summed E-state index contributed by atoms with van der Waals surface area (Å²) in [4.78, 5) is 11.0. The second-order valence-corrected chi connectivity index (χ2v) is 4.75. The molecule has 0 amide bonds. The van der Waals surface area contributed by atoms with Gasteiger partial charge >= 0.3 is 5.97 Å². The Morgan fingerprint density at radius 3 is 3.07 bits per heavy atom. The quantitative estimate of drug-likeness (QED) is 0.668. The van der Waals surface area contributed by atoms with Crippen LogP contribution in [0.15, 0.2) is 23.3 Å². The van der Waals surface area contributed by atoms with Crippen LogP contribution in [0, 0.1) is 0 Å². The third-order valence-corrected chi connectivity index (χ3v) is 3.62. The minimum atomic E-state index is -1.69. The highest BCUT2D eigenvalue weighted by Gasteiger charge is 2.48. The summed E-state index contributed by atoms with van der Waals surface area (Å²) in [6, 6.07) is 0.149. The molecule has 0 aromatic heterocycles.